The van der Waals surface area contributed by atoms with Crippen molar-refractivity contribution >= 4 is 44.4 Å². The van der Waals surface area contributed by atoms with Gasteiger partial charge in [0.05, 0.1) is 22.8 Å². The molecule has 0 aromatic carbocycles. The molecule has 0 amide bonds. The Labute approximate surface area is 258 Å². The van der Waals surface area contributed by atoms with Crippen LogP contribution in [0.1, 0.15) is 112 Å². The minimum atomic E-state index is 0. The molecule has 3 aromatic heterocycles. The standard InChI is InChI=1S/C36H36N4.Pt/c1-9-21-22(10-2)30-18-32-25(13-5)26(14-6)34(39-32)20-36-28(16-8)27(15-7)35(40-36)19-33-24(12-4)23(11-3)31(38-33)17-29(21)37-30;/h1-2,17-20H,11-16H2,3-8H3;/q-2;+2. The van der Waals surface area contributed by atoms with Gasteiger partial charge in [-0.05, 0) is 73.0 Å². The number of allylic oxidation sites excluding steroid dienone is 4. The van der Waals surface area contributed by atoms with Crippen molar-refractivity contribution < 1.29 is 21.1 Å². The van der Waals surface area contributed by atoms with Gasteiger partial charge in [-0.15, -0.1) is 34.9 Å². The Hall–Kier alpha value is -3.59. The third-order valence-corrected chi connectivity index (χ3v) is 8.18. The molecule has 0 aliphatic carbocycles. The molecule has 4 nitrogen and oxygen atoms in total. The van der Waals surface area contributed by atoms with E-state index in [1.807, 2.05) is 12.1 Å². The smallest absolute Gasteiger partial charge is 0.657 e. The van der Waals surface area contributed by atoms with E-state index >= 15 is 0 Å². The molecular formula is C36H36N4Pt. The van der Waals surface area contributed by atoms with E-state index in [1.54, 1.807) is 0 Å². The zero-order valence-electron chi connectivity index (χ0n) is 24.8. The molecule has 0 radical (unpaired) electrons. The van der Waals surface area contributed by atoms with Crippen LogP contribution >= 0.6 is 0 Å². The summed E-state index contributed by atoms with van der Waals surface area (Å²) in [4.78, 5) is 20.4. The average molecular weight is 720 g/mol. The molecule has 0 N–H and O–H groups in total. The second-order valence-corrected chi connectivity index (χ2v) is 10.1. The molecule has 41 heavy (non-hydrogen) atoms. The van der Waals surface area contributed by atoms with Crippen LogP contribution in [0.4, 0.5) is 0 Å². The van der Waals surface area contributed by atoms with E-state index in [4.69, 9.17) is 32.8 Å². The SMILES string of the molecule is C#Cc1c(C#C)c2cc3nc(cc4[n-]c(cc5nc(cc1[n-]2)C(CC)=C5CC)c(CC)c4CC)C(CC)=C3CC.[Pt+2]. The van der Waals surface area contributed by atoms with Gasteiger partial charge in [0.2, 0.25) is 0 Å². The molecule has 5 heterocycles. The summed E-state index contributed by atoms with van der Waals surface area (Å²) in [6.45, 7) is 13.1. The fourth-order valence-electron chi connectivity index (χ4n) is 6.32. The summed E-state index contributed by atoms with van der Waals surface area (Å²) < 4.78 is 0. The van der Waals surface area contributed by atoms with Crippen LogP contribution in [0.25, 0.3) is 44.4 Å². The first kappa shape index (κ1) is 30.4. The molecule has 3 aromatic rings. The van der Waals surface area contributed by atoms with Crippen LogP contribution < -0.4 is 9.97 Å². The van der Waals surface area contributed by atoms with E-state index in [1.165, 1.54) is 33.4 Å². The maximum absolute atomic E-state index is 6.01. The van der Waals surface area contributed by atoms with Gasteiger partial charge in [0.15, 0.2) is 0 Å². The number of aromatic nitrogens is 4. The Morgan fingerprint density at radius 1 is 0.512 bits per heavy atom. The van der Waals surface area contributed by atoms with Crippen LogP contribution in [0.15, 0.2) is 24.3 Å². The zero-order valence-corrected chi connectivity index (χ0v) is 27.1. The van der Waals surface area contributed by atoms with E-state index in [-0.39, 0.29) is 21.1 Å². The number of terminal acetylenes is 2. The summed E-state index contributed by atoms with van der Waals surface area (Å²) in [5.74, 6) is 5.63. The molecule has 0 saturated heterocycles. The molecule has 5 rings (SSSR count). The van der Waals surface area contributed by atoms with E-state index in [9.17, 15) is 0 Å². The second kappa shape index (κ2) is 12.5. The van der Waals surface area contributed by atoms with Gasteiger partial charge < -0.3 is 9.97 Å². The van der Waals surface area contributed by atoms with Crippen LogP contribution in [0.2, 0.25) is 0 Å². The molecule has 0 spiro atoms. The van der Waals surface area contributed by atoms with Crippen molar-refractivity contribution in [2.75, 3.05) is 0 Å². The summed E-state index contributed by atoms with van der Waals surface area (Å²) in [5, 5.41) is 0. The van der Waals surface area contributed by atoms with Gasteiger partial charge in [0.1, 0.15) is 0 Å². The van der Waals surface area contributed by atoms with Crippen molar-refractivity contribution in [3.05, 3.63) is 69.3 Å². The van der Waals surface area contributed by atoms with E-state index in [2.05, 4.69) is 65.5 Å². The molecule has 210 valence electrons. The predicted molar refractivity (Wildman–Crippen MR) is 168 cm³/mol. The van der Waals surface area contributed by atoms with Crippen LogP contribution in [0.3, 0.4) is 0 Å². The van der Waals surface area contributed by atoms with Crippen molar-refractivity contribution in [3.63, 3.8) is 0 Å². The van der Waals surface area contributed by atoms with Crippen LogP contribution in [0.5, 0.6) is 0 Å². The number of hydrogen-bond acceptors (Lipinski definition) is 2. The summed E-state index contributed by atoms with van der Waals surface area (Å²) in [5.41, 5.74) is 15.8. The third kappa shape index (κ3) is 5.05. The zero-order chi connectivity index (χ0) is 28.6. The Morgan fingerprint density at radius 2 is 0.805 bits per heavy atom. The third-order valence-electron chi connectivity index (χ3n) is 8.18. The minimum Gasteiger partial charge on any atom is -0.657 e. The van der Waals surface area contributed by atoms with Crippen molar-refractivity contribution in [2.24, 2.45) is 0 Å². The van der Waals surface area contributed by atoms with Gasteiger partial charge in [0, 0.05) is 11.1 Å². The maximum atomic E-state index is 6.01. The Bertz CT molecular complexity index is 1700. The first-order valence-corrected chi connectivity index (χ1v) is 14.5. The number of aryl methyl sites for hydroxylation is 2. The molecule has 0 unspecified atom stereocenters. The molecular weight excluding hydrogens is 684 g/mol. The minimum absolute atomic E-state index is 0. The van der Waals surface area contributed by atoms with Crippen molar-refractivity contribution in [2.45, 2.75) is 80.1 Å². The van der Waals surface area contributed by atoms with Crippen molar-refractivity contribution in [1.82, 2.24) is 19.9 Å². The van der Waals surface area contributed by atoms with Crippen LogP contribution in [-0.4, -0.2) is 9.97 Å². The van der Waals surface area contributed by atoms with Gasteiger partial charge in [-0.1, -0.05) is 76.6 Å². The average Bonchev–Trinajstić information content (AvgIpc) is 3.67. The largest absolute Gasteiger partial charge is 2.00 e. The van der Waals surface area contributed by atoms with Crippen molar-refractivity contribution in [1.29, 1.82) is 0 Å². The number of rotatable bonds is 6. The molecule has 8 bridgehead atoms. The fraction of sp³-hybridized carbons (Fsp3) is 0.333. The van der Waals surface area contributed by atoms with Gasteiger partial charge in [-0.2, -0.15) is 0 Å². The maximum Gasteiger partial charge on any atom is 2.00 e. The van der Waals surface area contributed by atoms with Crippen molar-refractivity contribution in [3.8, 4) is 24.7 Å². The van der Waals surface area contributed by atoms with Gasteiger partial charge in [-0.25, -0.2) is 9.97 Å². The molecule has 2 aliphatic rings. The summed E-state index contributed by atoms with van der Waals surface area (Å²) in [6.07, 6.45) is 17.3. The Kier molecular flexibility index (Phi) is 9.27. The first-order valence-electron chi connectivity index (χ1n) is 14.5. The quantitative estimate of drug-likeness (QED) is 0.242. The molecule has 0 fully saturated rings. The van der Waals surface area contributed by atoms with E-state index in [0.29, 0.717) is 22.2 Å². The summed E-state index contributed by atoms with van der Waals surface area (Å²) in [6, 6.07) is 8.36. The van der Waals surface area contributed by atoms with Gasteiger partial charge in [-0.3, -0.25) is 0 Å². The van der Waals surface area contributed by atoms with Gasteiger partial charge in [0.25, 0.3) is 0 Å². The number of nitrogens with zero attached hydrogens (tertiary/aromatic N) is 4. The first-order chi connectivity index (χ1) is 19.5. The summed E-state index contributed by atoms with van der Waals surface area (Å²) in [7, 11) is 0. The molecule has 0 atom stereocenters. The fourth-order valence-corrected chi connectivity index (χ4v) is 6.32. The normalized spacial score (nSPS) is 12.8. The van der Waals surface area contributed by atoms with Crippen LogP contribution in [-0.2, 0) is 33.9 Å². The summed E-state index contributed by atoms with van der Waals surface area (Å²) >= 11 is 0. The molecule has 2 aliphatic heterocycles. The Balaban J connectivity index is 0.00000387. The van der Waals surface area contributed by atoms with Gasteiger partial charge >= 0.3 is 21.1 Å². The topological polar surface area (TPSA) is 54.0 Å². The Morgan fingerprint density at radius 3 is 1.07 bits per heavy atom. The number of fused-ring (bicyclic) bond motifs is 8. The van der Waals surface area contributed by atoms with E-state index < -0.39 is 0 Å². The number of hydrogen-bond donors (Lipinski definition) is 0. The molecule has 5 heteroatoms. The second-order valence-electron chi connectivity index (χ2n) is 10.1. The van der Waals surface area contributed by atoms with Crippen LogP contribution in [0, 0.1) is 24.7 Å². The monoisotopic (exact) mass is 719 g/mol. The predicted octanol–water partition coefficient (Wildman–Crippen LogP) is 8.12. The molecule has 0 saturated carbocycles. The van der Waals surface area contributed by atoms with E-state index in [0.717, 1.165) is 72.3 Å².